The quantitative estimate of drug-likeness (QED) is 0.672. The topological polar surface area (TPSA) is 49.4 Å². The highest BCUT2D eigenvalue weighted by Crippen LogP contribution is 2.26. The van der Waals surface area contributed by atoms with Gasteiger partial charge in [-0.3, -0.25) is 9.59 Å². The summed E-state index contributed by atoms with van der Waals surface area (Å²) in [6, 6.07) is -0.277. The first-order valence-electron chi connectivity index (χ1n) is 6.94. The highest BCUT2D eigenvalue weighted by Gasteiger charge is 2.38. The summed E-state index contributed by atoms with van der Waals surface area (Å²) in [6.07, 6.45) is 12.2. The van der Waals surface area contributed by atoms with Crippen molar-refractivity contribution >= 4 is 11.8 Å². The van der Waals surface area contributed by atoms with Gasteiger partial charge in [0.15, 0.2) is 0 Å². The predicted octanol–water partition coefficient (Wildman–Crippen LogP) is 1.66. The van der Waals surface area contributed by atoms with E-state index < -0.39 is 0 Å². The molecule has 4 nitrogen and oxygen atoms in total. The molecule has 1 fully saturated rings. The lowest BCUT2D eigenvalue weighted by Gasteiger charge is -2.20. The molecule has 2 heterocycles. The maximum absolute atomic E-state index is 12.6. The van der Waals surface area contributed by atoms with E-state index in [9.17, 15) is 9.59 Å². The summed E-state index contributed by atoms with van der Waals surface area (Å²) in [5.74, 6) is -0.0178. The number of hydrogen-bond donors (Lipinski definition) is 1. The first-order chi connectivity index (χ1) is 9.27. The highest BCUT2D eigenvalue weighted by molar-refractivity contribution is 6.01. The van der Waals surface area contributed by atoms with Crippen molar-refractivity contribution in [1.29, 1.82) is 0 Å². The number of fused-ring (bicyclic) bond motifs is 1. The lowest BCUT2D eigenvalue weighted by atomic mass is 10.1. The fraction of sp³-hybridized carbons (Fsp3) is 0.467. The molecule has 1 saturated heterocycles. The molecule has 19 heavy (non-hydrogen) atoms. The van der Waals surface area contributed by atoms with Gasteiger partial charge in [0, 0.05) is 17.8 Å². The summed E-state index contributed by atoms with van der Waals surface area (Å²) >= 11 is 0. The molecule has 3 rings (SSSR count). The van der Waals surface area contributed by atoms with Crippen LogP contribution in [0.25, 0.3) is 0 Å². The molecule has 100 valence electrons. The van der Waals surface area contributed by atoms with Gasteiger partial charge in [0.1, 0.15) is 6.04 Å². The Bertz CT molecular complexity index is 502. The van der Waals surface area contributed by atoms with Crippen molar-refractivity contribution < 1.29 is 9.59 Å². The predicted molar refractivity (Wildman–Crippen MR) is 72.0 cm³/mol. The second-order valence-corrected chi connectivity index (χ2v) is 5.19. The van der Waals surface area contributed by atoms with Crippen LogP contribution in [0.3, 0.4) is 0 Å². The Kier molecular flexibility index (Phi) is 3.23. The van der Waals surface area contributed by atoms with E-state index in [4.69, 9.17) is 0 Å². The van der Waals surface area contributed by atoms with Crippen LogP contribution in [-0.4, -0.2) is 29.3 Å². The summed E-state index contributed by atoms with van der Waals surface area (Å²) in [7, 11) is 0. The van der Waals surface area contributed by atoms with Crippen LogP contribution in [-0.2, 0) is 9.59 Å². The van der Waals surface area contributed by atoms with E-state index in [1.807, 2.05) is 18.2 Å². The van der Waals surface area contributed by atoms with E-state index in [0.717, 1.165) is 25.7 Å². The molecule has 1 N–H and O–H groups in total. The van der Waals surface area contributed by atoms with Crippen LogP contribution in [0.4, 0.5) is 0 Å². The molecule has 0 spiro atoms. The van der Waals surface area contributed by atoms with Gasteiger partial charge in [0.05, 0.1) is 0 Å². The Hall–Kier alpha value is -1.84. The molecule has 0 aromatic carbocycles. The molecule has 0 aromatic rings. The number of nitrogens with one attached hydrogen (secondary N) is 1. The monoisotopic (exact) mass is 258 g/mol. The number of hydrogen-bond acceptors (Lipinski definition) is 2. The number of allylic oxidation sites excluding steroid dienone is 4. The highest BCUT2D eigenvalue weighted by atomic mass is 16.2. The van der Waals surface area contributed by atoms with Crippen LogP contribution < -0.4 is 5.32 Å². The lowest BCUT2D eigenvalue weighted by Crippen LogP contribution is -2.42. The maximum Gasteiger partial charge on any atom is 0.252 e. The van der Waals surface area contributed by atoms with Gasteiger partial charge in [0.2, 0.25) is 5.91 Å². The third-order valence-electron chi connectivity index (χ3n) is 3.93. The standard InChI is InChI=1S/C15H18N2O2/c18-14-13-9-6-10-17(13)15(19)11-7-4-2-1-3-5-8-12(11)16-14/h2,4-5,8,13H,1,3,6-7,9-10H2,(H,16,18)/b4-2-,8-5-. The van der Waals surface area contributed by atoms with Gasteiger partial charge in [0.25, 0.3) is 5.91 Å². The molecule has 3 aliphatic rings. The van der Waals surface area contributed by atoms with Gasteiger partial charge in [-0.1, -0.05) is 18.2 Å². The summed E-state index contributed by atoms with van der Waals surface area (Å²) in [4.78, 5) is 26.5. The van der Waals surface area contributed by atoms with Crippen molar-refractivity contribution in [3.63, 3.8) is 0 Å². The average molecular weight is 258 g/mol. The van der Waals surface area contributed by atoms with Crippen molar-refractivity contribution in [2.24, 2.45) is 0 Å². The van der Waals surface area contributed by atoms with E-state index in [-0.39, 0.29) is 17.9 Å². The Morgan fingerprint density at radius 1 is 1.16 bits per heavy atom. The number of nitrogens with zero attached hydrogens (tertiary/aromatic N) is 1. The molecular weight excluding hydrogens is 240 g/mol. The summed E-state index contributed by atoms with van der Waals surface area (Å²) in [5.41, 5.74) is 1.41. The van der Waals surface area contributed by atoms with Crippen molar-refractivity contribution in [1.82, 2.24) is 10.2 Å². The van der Waals surface area contributed by atoms with Crippen molar-refractivity contribution in [2.45, 2.75) is 38.1 Å². The molecule has 1 unspecified atom stereocenters. The van der Waals surface area contributed by atoms with Gasteiger partial charge >= 0.3 is 0 Å². The zero-order valence-corrected chi connectivity index (χ0v) is 10.9. The van der Waals surface area contributed by atoms with Crippen molar-refractivity contribution in [2.75, 3.05) is 6.54 Å². The second kappa shape index (κ2) is 5.03. The average Bonchev–Trinajstić information content (AvgIpc) is 2.88. The molecule has 2 amide bonds. The van der Waals surface area contributed by atoms with Gasteiger partial charge in [-0.05, 0) is 38.2 Å². The number of rotatable bonds is 0. The molecule has 0 saturated carbocycles. The Labute approximate surface area is 112 Å². The third kappa shape index (κ3) is 2.23. The summed E-state index contributed by atoms with van der Waals surface area (Å²) < 4.78 is 0. The smallest absolute Gasteiger partial charge is 0.252 e. The first-order valence-corrected chi connectivity index (χ1v) is 6.94. The molecule has 0 radical (unpaired) electrons. The van der Waals surface area contributed by atoms with Crippen LogP contribution in [0.1, 0.15) is 32.1 Å². The first kappa shape index (κ1) is 12.2. The van der Waals surface area contributed by atoms with E-state index in [1.54, 1.807) is 4.90 Å². The van der Waals surface area contributed by atoms with Crippen LogP contribution in [0, 0.1) is 0 Å². The molecule has 2 aliphatic heterocycles. The minimum absolute atomic E-state index is 0.0204. The molecule has 4 heteroatoms. The van der Waals surface area contributed by atoms with E-state index in [0.29, 0.717) is 24.2 Å². The molecule has 0 bridgehead atoms. The van der Waals surface area contributed by atoms with Gasteiger partial charge in [-0.2, -0.15) is 0 Å². The molecular formula is C15H18N2O2. The fourth-order valence-electron chi connectivity index (χ4n) is 2.91. The maximum atomic E-state index is 12.6. The SMILES string of the molecule is O=C1NC2=C(C/C=C\CC/C=C\2)C(=O)N2CCCC12. The Morgan fingerprint density at radius 2 is 2.00 bits per heavy atom. The van der Waals surface area contributed by atoms with E-state index >= 15 is 0 Å². The van der Waals surface area contributed by atoms with Gasteiger partial charge in [-0.25, -0.2) is 0 Å². The Morgan fingerprint density at radius 3 is 2.89 bits per heavy atom. The number of carbonyl (C=O) groups is 2. The van der Waals surface area contributed by atoms with Gasteiger partial charge in [-0.15, -0.1) is 0 Å². The number of amides is 2. The molecule has 1 atom stereocenters. The van der Waals surface area contributed by atoms with E-state index in [2.05, 4.69) is 11.4 Å². The van der Waals surface area contributed by atoms with Gasteiger partial charge < -0.3 is 10.2 Å². The van der Waals surface area contributed by atoms with E-state index in [1.165, 1.54) is 0 Å². The van der Waals surface area contributed by atoms with Crippen LogP contribution >= 0.6 is 0 Å². The largest absolute Gasteiger partial charge is 0.327 e. The van der Waals surface area contributed by atoms with Crippen LogP contribution in [0.2, 0.25) is 0 Å². The Balaban J connectivity index is 2.01. The van der Waals surface area contributed by atoms with Crippen LogP contribution in [0.15, 0.2) is 35.6 Å². The normalized spacial score (nSPS) is 30.5. The minimum atomic E-state index is -0.277. The second-order valence-electron chi connectivity index (χ2n) is 5.19. The summed E-state index contributed by atoms with van der Waals surface area (Å²) in [6.45, 7) is 0.696. The summed E-state index contributed by atoms with van der Waals surface area (Å²) in [5, 5.41) is 2.94. The molecule has 1 aliphatic carbocycles. The van der Waals surface area contributed by atoms with Crippen LogP contribution in [0.5, 0.6) is 0 Å². The third-order valence-corrected chi connectivity index (χ3v) is 3.93. The molecule has 0 aromatic heterocycles. The minimum Gasteiger partial charge on any atom is -0.327 e. The van der Waals surface area contributed by atoms with Crippen molar-refractivity contribution in [3.8, 4) is 0 Å². The zero-order valence-electron chi connectivity index (χ0n) is 10.9. The zero-order chi connectivity index (χ0) is 13.2. The lowest BCUT2D eigenvalue weighted by molar-refractivity contribution is -0.134. The fourth-order valence-corrected chi connectivity index (χ4v) is 2.91. The number of carbonyl (C=O) groups excluding carboxylic acids is 2. The van der Waals surface area contributed by atoms with Crippen molar-refractivity contribution in [3.05, 3.63) is 35.6 Å².